The summed E-state index contributed by atoms with van der Waals surface area (Å²) in [5, 5.41) is 12.6. The van der Waals surface area contributed by atoms with Gasteiger partial charge in [-0.05, 0) is 37.0 Å². The lowest BCUT2D eigenvalue weighted by Crippen LogP contribution is -2.27. The Labute approximate surface area is 123 Å². The average molecular weight is 287 g/mol. The summed E-state index contributed by atoms with van der Waals surface area (Å²) in [6.45, 7) is 0.732. The third-order valence-corrected chi connectivity index (χ3v) is 3.85. The number of nitrogens with zero attached hydrogens (tertiary/aromatic N) is 2. The van der Waals surface area contributed by atoms with Crippen LogP contribution in [0.15, 0.2) is 36.7 Å². The molecule has 1 heterocycles. The minimum atomic E-state index is -0.213. The summed E-state index contributed by atoms with van der Waals surface area (Å²) in [6, 6.07) is 8.47. The molecule has 2 aromatic rings. The van der Waals surface area contributed by atoms with Crippen molar-refractivity contribution in [2.75, 3.05) is 11.9 Å². The highest BCUT2D eigenvalue weighted by Crippen LogP contribution is 2.35. The standard InChI is InChI=1S/C16H18FN3O/c17-13-3-1-11(2-4-13)5-6-18-16-9-15(19-10-20-16)12-7-14(21)8-12/h1-4,9-10,12,14,21H,5-8H2,(H,18,19,20). The Morgan fingerprint density at radius 1 is 1.19 bits per heavy atom. The van der Waals surface area contributed by atoms with Crippen LogP contribution in [0, 0.1) is 5.82 Å². The lowest BCUT2D eigenvalue weighted by atomic mass is 9.80. The third kappa shape index (κ3) is 3.55. The van der Waals surface area contributed by atoms with Gasteiger partial charge in [0.1, 0.15) is 18.0 Å². The molecule has 1 aliphatic carbocycles. The second-order valence-electron chi connectivity index (χ2n) is 5.45. The zero-order valence-corrected chi connectivity index (χ0v) is 11.7. The number of benzene rings is 1. The van der Waals surface area contributed by atoms with Gasteiger partial charge in [0.2, 0.25) is 0 Å². The van der Waals surface area contributed by atoms with E-state index in [0.29, 0.717) is 5.92 Å². The zero-order valence-electron chi connectivity index (χ0n) is 11.7. The molecule has 0 spiro atoms. The molecule has 1 fully saturated rings. The summed E-state index contributed by atoms with van der Waals surface area (Å²) >= 11 is 0. The Morgan fingerprint density at radius 2 is 1.95 bits per heavy atom. The normalized spacial score (nSPS) is 20.9. The van der Waals surface area contributed by atoms with Crippen molar-refractivity contribution in [1.82, 2.24) is 9.97 Å². The molecule has 1 saturated carbocycles. The van der Waals surface area contributed by atoms with Crippen molar-refractivity contribution in [3.63, 3.8) is 0 Å². The first-order valence-corrected chi connectivity index (χ1v) is 7.19. The Balaban J connectivity index is 1.53. The summed E-state index contributed by atoms with van der Waals surface area (Å²) in [5.41, 5.74) is 2.07. The van der Waals surface area contributed by atoms with E-state index < -0.39 is 0 Å². The van der Waals surface area contributed by atoms with Gasteiger partial charge in [-0.2, -0.15) is 0 Å². The average Bonchev–Trinajstić information content (AvgIpc) is 2.46. The van der Waals surface area contributed by atoms with E-state index >= 15 is 0 Å². The predicted molar refractivity (Wildman–Crippen MR) is 78.6 cm³/mol. The SMILES string of the molecule is OC1CC(c2cc(NCCc3ccc(F)cc3)ncn2)C1. The van der Waals surface area contributed by atoms with Gasteiger partial charge in [0.05, 0.1) is 6.10 Å². The van der Waals surface area contributed by atoms with Crippen molar-refractivity contribution < 1.29 is 9.50 Å². The number of hydrogen-bond donors (Lipinski definition) is 2. The van der Waals surface area contributed by atoms with E-state index in [2.05, 4.69) is 15.3 Å². The van der Waals surface area contributed by atoms with Gasteiger partial charge in [0.15, 0.2) is 0 Å². The molecule has 110 valence electrons. The maximum Gasteiger partial charge on any atom is 0.129 e. The molecular weight excluding hydrogens is 269 g/mol. The first-order chi connectivity index (χ1) is 10.2. The molecule has 1 aromatic carbocycles. The number of aromatic nitrogens is 2. The highest BCUT2D eigenvalue weighted by molar-refractivity contribution is 5.36. The van der Waals surface area contributed by atoms with Crippen LogP contribution in [0.5, 0.6) is 0 Å². The molecule has 3 rings (SSSR count). The van der Waals surface area contributed by atoms with Gasteiger partial charge in [-0.15, -0.1) is 0 Å². The Hall–Kier alpha value is -2.01. The quantitative estimate of drug-likeness (QED) is 0.887. The molecule has 0 radical (unpaired) electrons. The van der Waals surface area contributed by atoms with E-state index in [4.69, 9.17) is 0 Å². The van der Waals surface area contributed by atoms with Crippen molar-refractivity contribution in [2.24, 2.45) is 0 Å². The predicted octanol–water partition coefficient (Wildman–Crippen LogP) is 2.51. The minimum Gasteiger partial charge on any atom is -0.393 e. The van der Waals surface area contributed by atoms with Crippen molar-refractivity contribution in [2.45, 2.75) is 31.3 Å². The number of rotatable bonds is 5. The van der Waals surface area contributed by atoms with Gasteiger partial charge >= 0.3 is 0 Å². The van der Waals surface area contributed by atoms with Crippen molar-refractivity contribution >= 4 is 5.82 Å². The zero-order chi connectivity index (χ0) is 14.7. The molecule has 0 aliphatic heterocycles. The molecule has 1 aliphatic rings. The molecule has 2 N–H and O–H groups in total. The van der Waals surface area contributed by atoms with Crippen molar-refractivity contribution in [1.29, 1.82) is 0 Å². The van der Waals surface area contributed by atoms with Crippen LogP contribution >= 0.6 is 0 Å². The van der Waals surface area contributed by atoms with E-state index in [9.17, 15) is 9.50 Å². The number of aliphatic hydroxyl groups is 1. The second kappa shape index (κ2) is 6.18. The number of aliphatic hydroxyl groups excluding tert-OH is 1. The van der Waals surface area contributed by atoms with E-state index in [-0.39, 0.29) is 11.9 Å². The highest BCUT2D eigenvalue weighted by Gasteiger charge is 2.29. The summed E-state index contributed by atoms with van der Waals surface area (Å²) in [5.74, 6) is 0.930. The lowest BCUT2D eigenvalue weighted by Gasteiger charge is -2.30. The van der Waals surface area contributed by atoms with Crippen LogP contribution in [0.3, 0.4) is 0 Å². The fraction of sp³-hybridized carbons (Fsp3) is 0.375. The van der Waals surface area contributed by atoms with Crippen LogP contribution in [-0.4, -0.2) is 27.7 Å². The van der Waals surface area contributed by atoms with Gasteiger partial charge in [-0.3, -0.25) is 0 Å². The number of halogens is 1. The van der Waals surface area contributed by atoms with E-state index in [1.807, 2.05) is 6.07 Å². The number of nitrogens with one attached hydrogen (secondary N) is 1. The second-order valence-corrected chi connectivity index (χ2v) is 5.45. The van der Waals surface area contributed by atoms with Gasteiger partial charge < -0.3 is 10.4 Å². The summed E-state index contributed by atoms with van der Waals surface area (Å²) in [4.78, 5) is 8.47. The van der Waals surface area contributed by atoms with Crippen LogP contribution in [0.2, 0.25) is 0 Å². The Morgan fingerprint density at radius 3 is 2.67 bits per heavy atom. The van der Waals surface area contributed by atoms with Crippen LogP contribution in [0.1, 0.15) is 30.0 Å². The molecule has 0 unspecified atom stereocenters. The first-order valence-electron chi connectivity index (χ1n) is 7.19. The monoisotopic (exact) mass is 287 g/mol. The first kappa shape index (κ1) is 13.9. The molecule has 1 aromatic heterocycles. The van der Waals surface area contributed by atoms with Crippen LogP contribution in [0.4, 0.5) is 10.2 Å². The van der Waals surface area contributed by atoms with Crippen LogP contribution < -0.4 is 5.32 Å². The topological polar surface area (TPSA) is 58.0 Å². The summed E-state index contributed by atoms with van der Waals surface area (Å²) in [7, 11) is 0. The molecule has 4 nitrogen and oxygen atoms in total. The molecule has 0 saturated heterocycles. The largest absolute Gasteiger partial charge is 0.393 e. The van der Waals surface area contributed by atoms with E-state index in [1.165, 1.54) is 12.1 Å². The fourth-order valence-electron chi connectivity index (χ4n) is 2.51. The number of hydrogen-bond acceptors (Lipinski definition) is 4. The molecule has 0 atom stereocenters. The van der Waals surface area contributed by atoms with Gasteiger partial charge in [0.25, 0.3) is 0 Å². The van der Waals surface area contributed by atoms with Crippen LogP contribution in [-0.2, 0) is 6.42 Å². The molecule has 5 heteroatoms. The highest BCUT2D eigenvalue weighted by atomic mass is 19.1. The summed E-state index contributed by atoms with van der Waals surface area (Å²) in [6.07, 6.45) is 3.75. The third-order valence-electron chi connectivity index (χ3n) is 3.85. The lowest BCUT2D eigenvalue weighted by molar-refractivity contribution is 0.0732. The van der Waals surface area contributed by atoms with E-state index in [0.717, 1.165) is 42.9 Å². The smallest absolute Gasteiger partial charge is 0.129 e. The summed E-state index contributed by atoms with van der Waals surface area (Å²) < 4.78 is 12.8. The molecule has 0 bridgehead atoms. The maximum atomic E-state index is 12.8. The Bertz CT molecular complexity index is 597. The van der Waals surface area contributed by atoms with Crippen molar-refractivity contribution in [3.05, 3.63) is 53.7 Å². The minimum absolute atomic E-state index is 0.181. The fourth-order valence-corrected chi connectivity index (χ4v) is 2.51. The van der Waals surface area contributed by atoms with Crippen molar-refractivity contribution in [3.8, 4) is 0 Å². The molecular formula is C16H18FN3O. The van der Waals surface area contributed by atoms with Crippen LogP contribution in [0.25, 0.3) is 0 Å². The maximum absolute atomic E-state index is 12.8. The van der Waals surface area contributed by atoms with E-state index in [1.54, 1.807) is 18.5 Å². The molecule has 0 amide bonds. The van der Waals surface area contributed by atoms with Gasteiger partial charge in [-0.1, -0.05) is 12.1 Å². The molecule has 21 heavy (non-hydrogen) atoms. The number of anilines is 1. The van der Waals surface area contributed by atoms with Gasteiger partial charge in [-0.25, -0.2) is 14.4 Å². The van der Waals surface area contributed by atoms with Gasteiger partial charge in [0, 0.05) is 24.2 Å². The Kier molecular flexibility index (Phi) is 4.10.